The lowest BCUT2D eigenvalue weighted by Crippen LogP contribution is -2.09. The molecule has 0 fully saturated rings. The number of nitrogens with zero attached hydrogens (tertiary/aromatic N) is 1. The van der Waals surface area contributed by atoms with Crippen LogP contribution in [0, 0.1) is 5.82 Å². The Morgan fingerprint density at radius 2 is 1.90 bits per heavy atom. The van der Waals surface area contributed by atoms with Crippen molar-refractivity contribution in [2.75, 3.05) is 7.11 Å². The predicted octanol–water partition coefficient (Wildman–Crippen LogP) is 3.67. The number of aromatic nitrogens is 1. The molecule has 3 nitrogen and oxygen atoms in total. The van der Waals surface area contributed by atoms with Crippen molar-refractivity contribution in [2.24, 2.45) is 0 Å². The van der Waals surface area contributed by atoms with Gasteiger partial charge in [0.15, 0.2) is 5.78 Å². The fourth-order valence-electron chi connectivity index (χ4n) is 2.35. The average Bonchev–Trinajstić information content (AvgIpc) is 2.92. The molecule has 4 heteroatoms. The predicted molar refractivity (Wildman–Crippen MR) is 79.2 cm³/mol. The molecule has 21 heavy (non-hydrogen) atoms. The highest BCUT2D eigenvalue weighted by atomic mass is 19.1. The number of methoxy groups -OCH3 is 1. The first kappa shape index (κ1) is 13.4. The van der Waals surface area contributed by atoms with Crippen molar-refractivity contribution in [1.82, 2.24) is 4.57 Å². The maximum atomic E-state index is 13.6. The molecule has 0 aliphatic heterocycles. The Morgan fingerprint density at radius 3 is 2.62 bits per heavy atom. The van der Waals surface area contributed by atoms with Gasteiger partial charge in [0.2, 0.25) is 0 Å². The Morgan fingerprint density at radius 1 is 1.14 bits per heavy atom. The number of benzene rings is 2. The zero-order valence-electron chi connectivity index (χ0n) is 11.5. The van der Waals surface area contributed by atoms with Crippen LogP contribution in [0.1, 0.15) is 10.4 Å². The fraction of sp³-hybridized carbons (Fsp3) is 0.118. The molecular weight excluding hydrogens is 269 g/mol. The van der Waals surface area contributed by atoms with Crippen molar-refractivity contribution in [1.29, 1.82) is 0 Å². The standard InChI is InChI=1S/C17H14FNO2/c1-21-13-7-5-12(6-8-13)17(20)11-19-10-9-14-15(18)3-2-4-16(14)19/h2-10H,11H2,1H3. The van der Waals surface area contributed by atoms with E-state index in [0.717, 1.165) is 5.52 Å². The molecule has 3 aromatic rings. The number of rotatable bonds is 4. The largest absolute Gasteiger partial charge is 0.497 e. The molecule has 0 atom stereocenters. The van der Waals surface area contributed by atoms with Gasteiger partial charge >= 0.3 is 0 Å². The lowest BCUT2D eigenvalue weighted by molar-refractivity contribution is 0.0973. The second-order valence-corrected chi connectivity index (χ2v) is 4.77. The number of carbonyl (C=O) groups excluding carboxylic acids is 1. The van der Waals surface area contributed by atoms with Crippen molar-refractivity contribution < 1.29 is 13.9 Å². The van der Waals surface area contributed by atoms with Gasteiger partial charge in [0.25, 0.3) is 0 Å². The molecule has 0 saturated heterocycles. The van der Waals surface area contributed by atoms with Gasteiger partial charge in [-0.15, -0.1) is 0 Å². The van der Waals surface area contributed by atoms with E-state index in [1.807, 2.05) is 0 Å². The van der Waals surface area contributed by atoms with Crippen molar-refractivity contribution in [3.05, 3.63) is 66.1 Å². The smallest absolute Gasteiger partial charge is 0.182 e. The Bertz CT molecular complexity index is 790. The number of ether oxygens (including phenoxy) is 1. The maximum Gasteiger partial charge on any atom is 0.182 e. The highest BCUT2D eigenvalue weighted by Crippen LogP contribution is 2.20. The molecular formula is C17H14FNO2. The van der Waals surface area contributed by atoms with Crippen molar-refractivity contribution in [3.8, 4) is 5.75 Å². The first-order valence-corrected chi connectivity index (χ1v) is 6.59. The monoisotopic (exact) mass is 283 g/mol. The second kappa shape index (κ2) is 5.40. The highest BCUT2D eigenvalue weighted by Gasteiger charge is 2.10. The molecule has 0 bridgehead atoms. The van der Waals surface area contributed by atoms with Crippen LogP contribution in [0.25, 0.3) is 10.9 Å². The van der Waals surface area contributed by atoms with Crippen LogP contribution >= 0.6 is 0 Å². The lowest BCUT2D eigenvalue weighted by Gasteiger charge is -2.06. The number of hydrogen-bond donors (Lipinski definition) is 0. The van der Waals surface area contributed by atoms with Crippen LogP contribution in [0.4, 0.5) is 4.39 Å². The Balaban J connectivity index is 1.87. The summed E-state index contributed by atoms with van der Waals surface area (Å²) in [4.78, 5) is 12.3. The minimum Gasteiger partial charge on any atom is -0.497 e. The quantitative estimate of drug-likeness (QED) is 0.684. The molecule has 1 aromatic heterocycles. The van der Waals surface area contributed by atoms with Gasteiger partial charge in [-0.1, -0.05) is 6.07 Å². The van der Waals surface area contributed by atoms with Crippen molar-refractivity contribution in [3.63, 3.8) is 0 Å². The molecule has 0 unspecified atom stereocenters. The number of fused-ring (bicyclic) bond motifs is 1. The van der Waals surface area contributed by atoms with Crippen molar-refractivity contribution in [2.45, 2.75) is 6.54 Å². The first-order valence-electron chi connectivity index (χ1n) is 6.59. The van der Waals surface area contributed by atoms with Crippen LogP contribution in [-0.2, 0) is 6.54 Å². The molecule has 0 spiro atoms. The normalized spacial score (nSPS) is 10.8. The van der Waals surface area contributed by atoms with E-state index in [1.54, 1.807) is 60.3 Å². The summed E-state index contributed by atoms with van der Waals surface area (Å²) in [6, 6.07) is 13.5. The number of ketones is 1. The van der Waals surface area contributed by atoms with Crippen LogP contribution in [-0.4, -0.2) is 17.5 Å². The average molecular weight is 283 g/mol. The number of halogens is 1. The van der Waals surface area contributed by atoms with Crippen molar-refractivity contribution >= 4 is 16.7 Å². The summed E-state index contributed by atoms with van der Waals surface area (Å²) >= 11 is 0. The van der Waals surface area contributed by atoms with E-state index >= 15 is 0 Å². The molecule has 2 aromatic carbocycles. The van der Waals surface area contributed by atoms with E-state index < -0.39 is 0 Å². The van der Waals surface area contributed by atoms with Crippen LogP contribution in [0.3, 0.4) is 0 Å². The van der Waals surface area contributed by atoms with E-state index in [4.69, 9.17) is 4.74 Å². The number of carbonyl (C=O) groups is 1. The van der Waals surface area contributed by atoms with Gasteiger partial charge in [-0.2, -0.15) is 0 Å². The van der Waals surface area contributed by atoms with E-state index in [-0.39, 0.29) is 18.1 Å². The third-order valence-corrected chi connectivity index (χ3v) is 3.49. The van der Waals surface area contributed by atoms with Gasteiger partial charge in [0, 0.05) is 17.1 Å². The zero-order valence-corrected chi connectivity index (χ0v) is 11.5. The number of hydrogen-bond acceptors (Lipinski definition) is 2. The topological polar surface area (TPSA) is 31.2 Å². The van der Waals surface area contributed by atoms with E-state index in [1.165, 1.54) is 6.07 Å². The summed E-state index contributed by atoms with van der Waals surface area (Å²) in [5.41, 5.74) is 1.32. The Kier molecular flexibility index (Phi) is 3.44. The van der Waals surface area contributed by atoms with Crippen LogP contribution in [0.2, 0.25) is 0 Å². The molecule has 0 aliphatic rings. The summed E-state index contributed by atoms with van der Waals surface area (Å²) in [5.74, 6) is 0.405. The van der Waals surface area contributed by atoms with Gasteiger partial charge in [-0.3, -0.25) is 4.79 Å². The summed E-state index contributed by atoms with van der Waals surface area (Å²) < 4.78 is 20.5. The van der Waals surface area contributed by atoms with Gasteiger partial charge in [0.1, 0.15) is 11.6 Å². The van der Waals surface area contributed by atoms with Crippen LogP contribution in [0.5, 0.6) is 5.75 Å². The Labute approximate surface area is 121 Å². The molecule has 0 N–H and O–H groups in total. The SMILES string of the molecule is COc1ccc(C(=O)Cn2ccc3c(F)cccc32)cc1. The second-order valence-electron chi connectivity index (χ2n) is 4.77. The van der Waals surface area contributed by atoms with Gasteiger partial charge < -0.3 is 9.30 Å². The lowest BCUT2D eigenvalue weighted by atomic mass is 10.1. The summed E-state index contributed by atoms with van der Waals surface area (Å²) in [7, 11) is 1.58. The zero-order chi connectivity index (χ0) is 14.8. The van der Waals surface area contributed by atoms with Gasteiger partial charge in [-0.05, 0) is 42.5 Å². The third kappa shape index (κ3) is 2.52. The molecule has 0 amide bonds. The fourth-order valence-corrected chi connectivity index (χ4v) is 2.35. The van der Waals surface area contributed by atoms with E-state index in [9.17, 15) is 9.18 Å². The molecule has 0 saturated carbocycles. The van der Waals surface area contributed by atoms with E-state index in [2.05, 4.69) is 0 Å². The highest BCUT2D eigenvalue weighted by molar-refractivity contribution is 5.97. The van der Waals surface area contributed by atoms with E-state index in [0.29, 0.717) is 16.7 Å². The molecule has 106 valence electrons. The summed E-state index contributed by atoms with van der Waals surface area (Å²) in [6.07, 6.45) is 1.73. The summed E-state index contributed by atoms with van der Waals surface area (Å²) in [5, 5.41) is 0.528. The maximum absolute atomic E-state index is 13.6. The first-order chi connectivity index (χ1) is 10.2. The third-order valence-electron chi connectivity index (χ3n) is 3.49. The van der Waals surface area contributed by atoms with Crippen LogP contribution in [0.15, 0.2) is 54.7 Å². The summed E-state index contributed by atoms with van der Waals surface area (Å²) in [6.45, 7) is 0.180. The van der Waals surface area contributed by atoms with Crippen LogP contribution < -0.4 is 4.74 Å². The molecule has 1 heterocycles. The molecule has 0 radical (unpaired) electrons. The minimum absolute atomic E-state index is 0.0283. The molecule has 3 rings (SSSR count). The van der Waals surface area contributed by atoms with Gasteiger partial charge in [-0.25, -0.2) is 4.39 Å². The van der Waals surface area contributed by atoms with Gasteiger partial charge in [0.05, 0.1) is 19.2 Å². The molecule has 0 aliphatic carbocycles. The minimum atomic E-state index is -0.275. The number of Topliss-reactive ketones (excluding diaryl/α,β-unsaturated/α-hetero) is 1. The Hall–Kier alpha value is -2.62.